The van der Waals surface area contributed by atoms with Crippen molar-refractivity contribution in [2.75, 3.05) is 0 Å². The van der Waals surface area contributed by atoms with Gasteiger partial charge < -0.3 is 11.2 Å². The molecule has 0 aromatic heterocycles. The summed E-state index contributed by atoms with van der Waals surface area (Å²) in [7, 11) is -0.446. The molecule has 0 saturated heterocycles. The average Bonchev–Trinajstić information content (AvgIpc) is 2.96. The SMILES string of the molecule is [Au+].[C-]#Cc1cccc(C(=O)Oc2ccccc2)c1.c1ccc(P(c2ccccc2)c2ccccc2)cc1. The van der Waals surface area contributed by atoms with Gasteiger partial charge in [-0.1, -0.05) is 121 Å². The molecule has 0 fully saturated rings. The Morgan fingerprint density at radius 2 is 1.03 bits per heavy atom. The molecule has 0 bridgehead atoms. The third kappa shape index (κ3) is 8.16. The minimum Gasteiger partial charge on any atom is -0.423 e. The van der Waals surface area contributed by atoms with Gasteiger partial charge in [0.2, 0.25) is 0 Å². The van der Waals surface area contributed by atoms with Crippen molar-refractivity contribution >= 4 is 29.8 Å². The van der Waals surface area contributed by atoms with Crippen LogP contribution in [-0.4, -0.2) is 5.97 Å². The van der Waals surface area contributed by atoms with E-state index in [1.807, 2.05) is 6.07 Å². The van der Waals surface area contributed by atoms with Crippen molar-refractivity contribution in [3.63, 3.8) is 0 Å². The van der Waals surface area contributed by atoms with Crippen molar-refractivity contribution in [1.82, 2.24) is 0 Å². The quantitative estimate of drug-likeness (QED) is 0.0546. The summed E-state index contributed by atoms with van der Waals surface area (Å²) in [6, 6.07) is 47.8. The first-order valence-electron chi connectivity index (χ1n) is 11.5. The largest absolute Gasteiger partial charge is 1.00 e. The number of carbonyl (C=O) groups excluding carboxylic acids is 1. The van der Waals surface area contributed by atoms with E-state index in [0.29, 0.717) is 16.9 Å². The third-order valence-corrected chi connectivity index (χ3v) is 7.68. The molecular weight excluding hydrogens is 656 g/mol. The summed E-state index contributed by atoms with van der Waals surface area (Å²) >= 11 is 0. The molecule has 5 rings (SSSR count). The molecule has 0 unspecified atom stereocenters. The van der Waals surface area contributed by atoms with Crippen molar-refractivity contribution in [3.8, 4) is 11.7 Å². The van der Waals surface area contributed by atoms with Gasteiger partial charge in [0.1, 0.15) is 5.75 Å². The Hall–Kier alpha value is -3.70. The van der Waals surface area contributed by atoms with E-state index in [0.717, 1.165) is 0 Å². The predicted octanol–water partition coefficient (Wildman–Crippen LogP) is 6.29. The molecule has 37 heavy (non-hydrogen) atoms. The monoisotopic (exact) mass is 680 g/mol. The summed E-state index contributed by atoms with van der Waals surface area (Å²) in [5.41, 5.74) is 0.957. The number of carbonyl (C=O) groups is 1. The molecule has 0 N–H and O–H groups in total. The molecule has 5 aromatic rings. The molecule has 0 aliphatic heterocycles. The van der Waals surface area contributed by atoms with Gasteiger partial charge in [0, 0.05) is 5.56 Å². The summed E-state index contributed by atoms with van der Waals surface area (Å²) in [4.78, 5) is 11.8. The molecule has 0 aliphatic carbocycles. The second-order valence-corrected chi connectivity index (χ2v) is 9.97. The van der Waals surface area contributed by atoms with E-state index in [4.69, 9.17) is 11.2 Å². The normalized spacial score (nSPS) is 9.73. The number of hydrogen-bond acceptors (Lipinski definition) is 2. The van der Waals surface area contributed by atoms with Crippen molar-refractivity contribution in [1.29, 1.82) is 0 Å². The standard InChI is InChI=1S/C18H15P.C15H9O2.Au/c1-4-10-16(11-5-1)19(17-12-6-2-7-13-17)18-14-8-3-9-15-18;1-2-12-7-6-8-13(11-12)15(16)17-14-9-4-3-5-10-14;/h1-15H;3-11H;/q;-1;+1. The summed E-state index contributed by atoms with van der Waals surface area (Å²) < 4.78 is 5.17. The van der Waals surface area contributed by atoms with Gasteiger partial charge in [-0.05, 0) is 36.0 Å². The molecular formula is C33H24AuO2P. The smallest absolute Gasteiger partial charge is 0.423 e. The maximum atomic E-state index is 11.8. The van der Waals surface area contributed by atoms with Crippen molar-refractivity contribution in [2.45, 2.75) is 0 Å². The van der Waals surface area contributed by atoms with Crippen molar-refractivity contribution in [3.05, 3.63) is 163 Å². The molecule has 0 spiro atoms. The minimum absolute atomic E-state index is 0. The molecule has 0 amide bonds. The first-order valence-corrected chi connectivity index (χ1v) is 12.8. The Balaban J connectivity index is 0.000000201. The zero-order chi connectivity index (χ0) is 25.0. The van der Waals surface area contributed by atoms with Gasteiger partial charge in [0.15, 0.2) is 0 Å². The molecule has 0 saturated carbocycles. The van der Waals surface area contributed by atoms with E-state index in [1.54, 1.807) is 48.5 Å². The minimum atomic E-state index is -0.446. The molecule has 4 heteroatoms. The van der Waals surface area contributed by atoms with E-state index < -0.39 is 13.9 Å². The van der Waals surface area contributed by atoms with Crippen LogP contribution in [0.3, 0.4) is 0 Å². The number of esters is 1. The predicted molar refractivity (Wildman–Crippen MR) is 149 cm³/mol. The van der Waals surface area contributed by atoms with Crippen LogP contribution in [0.4, 0.5) is 0 Å². The van der Waals surface area contributed by atoms with Gasteiger partial charge >= 0.3 is 28.3 Å². The maximum absolute atomic E-state index is 11.8. The first kappa shape index (κ1) is 27.9. The van der Waals surface area contributed by atoms with Gasteiger partial charge in [-0.3, -0.25) is 5.92 Å². The van der Waals surface area contributed by atoms with Crippen LogP contribution < -0.4 is 20.7 Å². The topological polar surface area (TPSA) is 26.3 Å². The second kappa shape index (κ2) is 14.8. The van der Waals surface area contributed by atoms with Crippen LogP contribution in [0.25, 0.3) is 0 Å². The van der Waals surface area contributed by atoms with E-state index >= 15 is 0 Å². The molecule has 0 heterocycles. The molecule has 2 nitrogen and oxygen atoms in total. The van der Waals surface area contributed by atoms with Crippen LogP contribution >= 0.6 is 7.92 Å². The molecule has 0 atom stereocenters. The maximum Gasteiger partial charge on any atom is 1.00 e. The summed E-state index contributed by atoms with van der Waals surface area (Å²) in [5.74, 6) is 2.29. The Kier molecular flexibility index (Phi) is 11.1. The number of benzene rings is 5. The first-order chi connectivity index (χ1) is 17.7. The van der Waals surface area contributed by atoms with Gasteiger partial charge in [0.05, 0.1) is 0 Å². The van der Waals surface area contributed by atoms with Crippen LogP contribution in [0.15, 0.2) is 146 Å². The summed E-state index contributed by atoms with van der Waals surface area (Å²) in [6.07, 6.45) is 7.00. The van der Waals surface area contributed by atoms with E-state index in [1.165, 1.54) is 15.9 Å². The van der Waals surface area contributed by atoms with E-state index in [-0.39, 0.29) is 22.4 Å². The third-order valence-electron chi connectivity index (χ3n) is 5.24. The fraction of sp³-hybridized carbons (Fsp3) is 0. The number of ether oxygens (including phenoxy) is 1. The second-order valence-electron chi connectivity index (χ2n) is 7.75. The van der Waals surface area contributed by atoms with Gasteiger partial charge in [-0.2, -0.15) is 0 Å². The zero-order valence-electron chi connectivity index (χ0n) is 19.9. The van der Waals surface area contributed by atoms with Crippen LogP contribution in [0.5, 0.6) is 5.75 Å². The Morgan fingerprint density at radius 1 is 0.595 bits per heavy atom. The fourth-order valence-corrected chi connectivity index (χ4v) is 5.86. The van der Waals surface area contributed by atoms with Crippen molar-refractivity contribution in [2.24, 2.45) is 0 Å². The zero-order valence-corrected chi connectivity index (χ0v) is 23.0. The van der Waals surface area contributed by atoms with Crippen LogP contribution in [0, 0.1) is 12.3 Å². The number of hydrogen-bond donors (Lipinski definition) is 0. The average molecular weight is 680 g/mol. The van der Waals surface area contributed by atoms with Gasteiger partial charge in [-0.15, -0.1) is 17.7 Å². The van der Waals surface area contributed by atoms with E-state index in [9.17, 15) is 4.79 Å². The van der Waals surface area contributed by atoms with Crippen LogP contribution in [-0.2, 0) is 22.4 Å². The summed E-state index contributed by atoms with van der Waals surface area (Å²) in [6.45, 7) is 0. The van der Waals surface area contributed by atoms with Gasteiger partial charge in [0.25, 0.3) is 0 Å². The van der Waals surface area contributed by atoms with Crippen LogP contribution in [0.1, 0.15) is 15.9 Å². The number of rotatable bonds is 5. The van der Waals surface area contributed by atoms with Crippen molar-refractivity contribution < 1.29 is 31.9 Å². The molecule has 184 valence electrons. The molecule has 5 aromatic carbocycles. The Bertz CT molecular complexity index is 1320. The molecule has 0 aliphatic rings. The molecule has 0 radical (unpaired) electrons. The van der Waals surface area contributed by atoms with Gasteiger partial charge in [-0.25, -0.2) is 4.79 Å². The number of para-hydroxylation sites is 1. The Labute approximate surface area is 235 Å². The van der Waals surface area contributed by atoms with E-state index in [2.05, 4.69) is 96.9 Å². The fourth-order valence-electron chi connectivity index (χ4n) is 3.56. The Morgan fingerprint density at radius 3 is 1.46 bits per heavy atom. The van der Waals surface area contributed by atoms with Crippen LogP contribution in [0.2, 0.25) is 0 Å². The summed E-state index contributed by atoms with van der Waals surface area (Å²) in [5, 5.41) is 4.19.